The van der Waals surface area contributed by atoms with Crippen LogP contribution in [0.25, 0.3) is 0 Å². The molecule has 0 spiro atoms. The van der Waals surface area contributed by atoms with Gasteiger partial charge in [0.1, 0.15) is 0 Å². The SMILES string of the molecule is NCCCS(=O)(=O)NCC1CCCS1(=O)=O. The van der Waals surface area contributed by atoms with Gasteiger partial charge in [-0.2, -0.15) is 0 Å². The summed E-state index contributed by atoms with van der Waals surface area (Å²) < 4.78 is 48.0. The Balaban J connectivity index is 2.46. The number of rotatable bonds is 6. The third kappa shape index (κ3) is 4.00. The van der Waals surface area contributed by atoms with Gasteiger partial charge in [-0.05, 0) is 25.8 Å². The van der Waals surface area contributed by atoms with E-state index in [2.05, 4.69) is 4.72 Å². The van der Waals surface area contributed by atoms with E-state index in [0.717, 1.165) is 0 Å². The molecule has 1 saturated heterocycles. The molecule has 0 amide bonds. The van der Waals surface area contributed by atoms with Crippen molar-refractivity contribution in [3.8, 4) is 0 Å². The molecule has 0 radical (unpaired) electrons. The summed E-state index contributed by atoms with van der Waals surface area (Å²) in [5, 5.41) is -0.555. The number of hydrogen-bond acceptors (Lipinski definition) is 5. The van der Waals surface area contributed by atoms with Gasteiger partial charge in [0.15, 0.2) is 9.84 Å². The fraction of sp³-hybridized carbons (Fsp3) is 1.00. The highest BCUT2D eigenvalue weighted by molar-refractivity contribution is 7.92. The van der Waals surface area contributed by atoms with Crippen LogP contribution in [-0.2, 0) is 19.9 Å². The summed E-state index contributed by atoms with van der Waals surface area (Å²) in [5.74, 6) is 0.123. The van der Waals surface area contributed by atoms with E-state index in [9.17, 15) is 16.8 Å². The van der Waals surface area contributed by atoms with Crippen LogP contribution in [0.3, 0.4) is 0 Å². The topological polar surface area (TPSA) is 106 Å². The zero-order valence-electron chi connectivity index (χ0n) is 9.05. The molecule has 3 N–H and O–H groups in total. The van der Waals surface area contributed by atoms with E-state index in [1.165, 1.54) is 0 Å². The summed E-state index contributed by atoms with van der Waals surface area (Å²) in [4.78, 5) is 0. The van der Waals surface area contributed by atoms with Gasteiger partial charge in [-0.1, -0.05) is 0 Å². The molecule has 0 saturated carbocycles. The second-order valence-corrected chi connectivity index (χ2v) is 8.27. The monoisotopic (exact) mass is 270 g/mol. The quantitative estimate of drug-likeness (QED) is 0.632. The minimum atomic E-state index is -3.38. The molecule has 8 heteroatoms. The van der Waals surface area contributed by atoms with Gasteiger partial charge in [0, 0.05) is 6.54 Å². The van der Waals surface area contributed by atoms with Crippen molar-refractivity contribution in [1.29, 1.82) is 0 Å². The molecule has 0 aromatic heterocycles. The minimum absolute atomic E-state index is 0.00472. The third-order valence-corrected chi connectivity index (χ3v) is 6.32. The summed E-state index contributed by atoms with van der Waals surface area (Å²) in [5.41, 5.74) is 5.21. The molecule has 1 aliphatic heterocycles. The summed E-state index contributed by atoms with van der Waals surface area (Å²) in [6.45, 7) is 0.303. The van der Waals surface area contributed by atoms with Gasteiger partial charge < -0.3 is 5.73 Å². The summed E-state index contributed by atoms with van der Waals surface area (Å²) in [6.07, 6.45) is 1.55. The standard InChI is InChI=1S/C8H18N2O4S2/c9-4-2-6-16(13,14)10-7-8-3-1-5-15(8,11)12/h8,10H,1-7,9H2. The third-order valence-electron chi connectivity index (χ3n) is 2.61. The van der Waals surface area contributed by atoms with Crippen LogP contribution >= 0.6 is 0 Å². The van der Waals surface area contributed by atoms with Crippen molar-refractivity contribution in [2.75, 3.05) is 24.6 Å². The van der Waals surface area contributed by atoms with Crippen LogP contribution in [0.1, 0.15) is 19.3 Å². The van der Waals surface area contributed by atoms with E-state index in [-0.39, 0.29) is 18.1 Å². The van der Waals surface area contributed by atoms with Crippen molar-refractivity contribution in [3.63, 3.8) is 0 Å². The van der Waals surface area contributed by atoms with E-state index < -0.39 is 25.1 Å². The molecular formula is C8H18N2O4S2. The van der Waals surface area contributed by atoms with Gasteiger partial charge in [-0.3, -0.25) is 0 Å². The number of nitrogens with two attached hydrogens (primary N) is 1. The normalized spacial score (nSPS) is 24.7. The van der Waals surface area contributed by atoms with Crippen LogP contribution in [0, 0.1) is 0 Å². The zero-order valence-corrected chi connectivity index (χ0v) is 10.7. The van der Waals surface area contributed by atoms with E-state index in [0.29, 0.717) is 25.8 Å². The Labute approximate surface area is 96.6 Å². The first-order valence-electron chi connectivity index (χ1n) is 5.26. The second-order valence-electron chi connectivity index (χ2n) is 3.94. The van der Waals surface area contributed by atoms with Crippen LogP contribution in [0.5, 0.6) is 0 Å². The van der Waals surface area contributed by atoms with Crippen LogP contribution in [-0.4, -0.2) is 46.7 Å². The molecule has 1 aliphatic rings. The lowest BCUT2D eigenvalue weighted by atomic mass is 10.2. The van der Waals surface area contributed by atoms with Gasteiger partial charge in [-0.15, -0.1) is 0 Å². The van der Waals surface area contributed by atoms with Crippen molar-refractivity contribution >= 4 is 19.9 Å². The first kappa shape index (κ1) is 13.9. The predicted octanol–water partition coefficient (Wildman–Crippen LogP) is -1.17. The molecule has 1 unspecified atom stereocenters. The van der Waals surface area contributed by atoms with Crippen LogP contribution in [0.15, 0.2) is 0 Å². The lowest BCUT2D eigenvalue weighted by Crippen LogP contribution is -2.36. The smallest absolute Gasteiger partial charge is 0.211 e. The van der Waals surface area contributed by atoms with Crippen molar-refractivity contribution in [2.24, 2.45) is 5.73 Å². The van der Waals surface area contributed by atoms with Gasteiger partial charge in [-0.25, -0.2) is 21.6 Å². The fourth-order valence-electron chi connectivity index (χ4n) is 1.65. The minimum Gasteiger partial charge on any atom is -0.330 e. The Morgan fingerprint density at radius 2 is 2.06 bits per heavy atom. The van der Waals surface area contributed by atoms with Gasteiger partial charge in [0.05, 0.1) is 16.8 Å². The molecular weight excluding hydrogens is 252 g/mol. The van der Waals surface area contributed by atoms with E-state index in [1.54, 1.807) is 0 Å². The first-order chi connectivity index (χ1) is 7.37. The molecule has 6 nitrogen and oxygen atoms in total. The van der Waals surface area contributed by atoms with Crippen molar-refractivity contribution < 1.29 is 16.8 Å². The predicted molar refractivity (Wildman–Crippen MR) is 62.3 cm³/mol. The molecule has 1 rings (SSSR count). The average molecular weight is 270 g/mol. The second kappa shape index (κ2) is 5.44. The molecule has 0 aromatic carbocycles. The summed E-state index contributed by atoms with van der Waals surface area (Å²) in [6, 6.07) is 0. The van der Waals surface area contributed by atoms with Crippen molar-refractivity contribution in [2.45, 2.75) is 24.5 Å². The Hall–Kier alpha value is -0.180. The molecule has 0 bridgehead atoms. The highest BCUT2D eigenvalue weighted by atomic mass is 32.2. The van der Waals surface area contributed by atoms with Gasteiger partial charge in [0.2, 0.25) is 10.0 Å². The van der Waals surface area contributed by atoms with E-state index in [1.807, 2.05) is 0 Å². The van der Waals surface area contributed by atoms with Crippen LogP contribution in [0.4, 0.5) is 0 Å². The largest absolute Gasteiger partial charge is 0.330 e. The number of sulfonamides is 1. The van der Waals surface area contributed by atoms with Gasteiger partial charge in [0.25, 0.3) is 0 Å². The van der Waals surface area contributed by atoms with E-state index in [4.69, 9.17) is 5.73 Å². The molecule has 0 aliphatic carbocycles. The Bertz CT molecular complexity index is 415. The summed E-state index contributed by atoms with van der Waals surface area (Å²) in [7, 11) is -6.46. The summed E-state index contributed by atoms with van der Waals surface area (Å²) >= 11 is 0. The maximum absolute atomic E-state index is 11.4. The fourth-order valence-corrected chi connectivity index (χ4v) is 4.67. The molecule has 96 valence electrons. The average Bonchev–Trinajstić information content (AvgIpc) is 2.52. The molecule has 0 aromatic rings. The van der Waals surface area contributed by atoms with Gasteiger partial charge >= 0.3 is 0 Å². The molecule has 16 heavy (non-hydrogen) atoms. The van der Waals surface area contributed by atoms with Crippen molar-refractivity contribution in [3.05, 3.63) is 0 Å². The highest BCUT2D eigenvalue weighted by Gasteiger charge is 2.31. The number of nitrogens with one attached hydrogen (secondary N) is 1. The number of sulfone groups is 1. The van der Waals surface area contributed by atoms with Crippen LogP contribution in [0.2, 0.25) is 0 Å². The lowest BCUT2D eigenvalue weighted by Gasteiger charge is -2.10. The highest BCUT2D eigenvalue weighted by Crippen LogP contribution is 2.19. The Morgan fingerprint density at radius 3 is 2.56 bits per heavy atom. The lowest BCUT2D eigenvalue weighted by molar-refractivity contribution is 0.569. The Kier molecular flexibility index (Phi) is 4.72. The van der Waals surface area contributed by atoms with Crippen LogP contribution < -0.4 is 10.5 Å². The Morgan fingerprint density at radius 1 is 1.38 bits per heavy atom. The maximum atomic E-state index is 11.4. The molecule has 1 heterocycles. The number of hydrogen-bond donors (Lipinski definition) is 2. The first-order valence-corrected chi connectivity index (χ1v) is 8.63. The molecule has 1 atom stereocenters. The maximum Gasteiger partial charge on any atom is 0.211 e. The molecule has 1 fully saturated rings. The van der Waals surface area contributed by atoms with E-state index >= 15 is 0 Å². The zero-order chi connectivity index (χ0) is 12.2. The van der Waals surface area contributed by atoms with Crippen molar-refractivity contribution in [1.82, 2.24) is 4.72 Å².